The molecule has 0 amide bonds. The van der Waals surface area contributed by atoms with Gasteiger partial charge in [0.1, 0.15) is 0 Å². The highest BCUT2D eigenvalue weighted by Gasteiger charge is 2.27. The Balaban J connectivity index is 1.88. The standard InChI is InChI=1S/C14H27N5O3S/c1-3-14(20)11-19-10-12(16-17-19)9-15-23(21,22)18(2)13-7-5-4-6-8-13/h10,13-15,20H,3-9,11H2,1-2H3. The molecule has 132 valence electrons. The van der Waals surface area contributed by atoms with E-state index in [0.29, 0.717) is 18.7 Å². The van der Waals surface area contributed by atoms with Crippen LogP contribution in [0.2, 0.25) is 0 Å². The Labute approximate surface area is 138 Å². The lowest BCUT2D eigenvalue weighted by Gasteiger charge is -2.30. The van der Waals surface area contributed by atoms with Crippen molar-refractivity contribution in [2.45, 2.75) is 70.7 Å². The quantitative estimate of drug-likeness (QED) is 0.720. The maximum atomic E-state index is 12.4. The minimum absolute atomic E-state index is 0.0802. The average Bonchev–Trinajstić information content (AvgIpc) is 3.00. The zero-order valence-corrected chi connectivity index (χ0v) is 14.7. The van der Waals surface area contributed by atoms with Gasteiger partial charge < -0.3 is 5.11 Å². The second-order valence-electron chi connectivity index (χ2n) is 6.13. The van der Waals surface area contributed by atoms with Crippen LogP contribution in [-0.2, 0) is 23.3 Å². The number of rotatable bonds is 8. The first-order valence-electron chi connectivity index (χ1n) is 8.22. The summed E-state index contributed by atoms with van der Waals surface area (Å²) in [6.45, 7) is 2.34. The van der Waals surface area contributed by atoms with Gasteiger partial charge in [0.05, 0.1) is 24.9 Å². The fraction of sp³-hybridized carbons (Fsp3) is 0.857. The van der Waals surface area contributed by atoms with Crippen LogP contribution in [0.25, 0.3) is 0 Å². The van der Waals surface area contributed by atoms with E-state index in [2.05, 4.69) is 15.0 Å². The van der Waals surface area contributed by atoms with Crippen LogP contribution in [0.5, 0.6) is 0 Å². The van der Waals surface area contributed by atoms with Crippen LogP contribution < -0.4 is 4.72 Å². The van der Waals surface area contributed by atoms with Gasteiger partial charge in [0.15, 0.2) is 0 Å². The third-order valence-electron chi connectivity index (χ3n) is 4.36. The smallest absolute Gasteiger partial charge is 0.279 e. The van der Waals surface area contributed by atoms with E-state index in [9.17, 15) is 13.5 Å². The van der Waals surface area contributed by atoms with Crippen LogP contribution in [0, 0.1) is 0 Å². The molecule has 1 aromatic heterocycles. The predicted molar refractivity (Wildman–Crippen MR) is 86.7 cm³/mol. The van der Waals surface area contributed by atoms with Gasteiger partial charge in [0.2, 0.25) is 0 Å². The first-order valence-corrected chi connectivity index (χ1v) is 9.66. The third-order valence-corrected chi connectivity index (χ3v) is 5.92. The fourth-order valence-electron chi connectivity index (χ4n) is 2.76. The van der Waals surface area contributed by atoms with Crippen LogP contribution >= 0.6 is 0 Å². The van der Waals surface area contributed by atoms with Gasteiger partial charge in [-0.2, -0.15) is 17.4 Å². The molecule has 0 spiro atoms. The number of hydrogen-bond donors (Lipinski definition) is 2. The van der Waals surface area contributed by atoms with E-state index in [0.717, 1.165) is 25.7 Å². The molecule has 1 aliphatic rings. The molecule has 1 heterocycles. The Hall–Kier alpha value is -1.03. The average molecular weight is 345 g/mol. The molecule has 1 fully saturated rings. The van der Waals surface area contributed by atoms with Gasteiger partial charge in [-0.3, -0.25) is 0 Å². The molecule has 0 aliphatic heterocycles. The van der Waals surface area contributed by atoms with E-state index in [1.54, 1.807) is 13.2 Å². The second-order valence-corrected chi connectivity index (χ2v) is 7.94. The van der Waals surface area contributed by atoms with Crippen LogP contribution in [-0.4, -0.2) is 52.0 Å². The van der Waals surface area contributed by atoms with E-state index < -0.39 is 16.3 Å². The van der Waals surface area contributed by atoms with Gasteiger partial charge in [0, 0.05) is 19.3 Å². The molecule has 9 heteroatoms. The monoisotopic (exact) mass is 345 g/mol. The number of aliphatic hydroxyl groups excluding tert-OH is 1. The normalized spacial score (nSPS) is 18.4. The maximum absolute atomic E-state index is 12.4. The van der Waals surface area contributed by atoms with E-state index in [1.165, 1.54) is 15.4 Å². The molecule has 23 heavy (non-hydrogen) atoms. The molecule has 1 aromatic rings. The van der Waals surface area contributed by atoms with Crippen molar-refractivity contribution in [1.29, 1.82) is 0 Å². The van der Waals surface area contributed by atoms with Crippen molar-refractivity contribution in [2.75, 3.05) is 7.05 Å². The Bertz CT molecular complexity index is 583. The fourth-order valence-corrected chi connectivity index (χ4v) is 3.90. The number of aromatic nitrogens is 3. The van der Waals surface area contributed by atoms with Crippen molar-refractivity contribution < 1.29 is 13.5 Å². The van der Waals surface area contributed by atoms with Crippen LogP contribution in [0.3, 0.4) is 0 Å². The molecule has 8 nitrogen and oxygen atoms in total. The molecule has 0 aromatic carbocycles. The van der Waals surface area contributed by atoms with E-state index in [4.69, 9.17) is 0 Å². The summed E-state index contributed by atoms with van der Waals surface area (Å²) in [5.41, 5.74) is 0.536. The summed E-state index contributed by atoms with van der Waals surface area (Å²) in [5.74, 6) is 0. The lowest BCUT2D eigenvalue weighted by Crippen LogP contribution is -2.44. The summed E-state index contributed by atoms with van der Waals surface area (Å²) in [7, 11) is -1.89. The highest BCUT2D eigenvalue weighted by molar-refractivity contribution is 7.87. The summed E-state index contributed by atoms with van der Waals surface area (Å²) in [6.07, 6.45) is 7.00. The van der Waals surface area contributed by atoms with Crippen molar-refractivity contribution in [3.8, 4) is 0 Å². The topological polar surface area (TPSA) is 100 Å². The molecule has 2 N–H and O–H groups in total. The molecular weight excluding hydrogens is 318 g/mol. The Kier molecular flexibility index (Phi) is 6.51. The molecule has 1 unspecified atom stereocenters. The van der Waals surface area contributed by atoms with Gasteiger partial charge in [-0.1, -0.05) is 31.4 Å². The molecule has 1 aliphatic carbocycles. The van der Waals surface area contributed by atoms with Crippen LogP contribution in [0.15, 0.2) is 6.20 Å². The molecule has 0 bridgehead atoms. The first kappa shape index (κ1) is 18.3. The minimum atomic E-state index is -3.52. The van der Waals surface area contributed by atoms with Crippen LogP contribution in [0.1, 0.15) is 51.1 Å². The van der Waals surface area contributed by atoms with E-state index >= 15 is 0 Å². The lowest BCUT2D eigenvalue weighted by atomic mass is 9.96. The van der Waals surface area contributed by atoms with Gasteiger partial charge in [-0.25, -0.2) is 4.68 Å². The van der Waals surface area contributed by atoms with Crippen molar-refractivity contribution in [3.63, 3.8) is 0 Å². The van der Waals surface area contributed by atoms with Gasteiger partial charge in [0.25, 0.3) is 10.2 Å². The molecule has 1 atom stereocenters. The number of nitrogens with zero attached hydrogens (tertiary/aromatic N) is 4. The summed E-state index contributed by atoms with van der Waals surface area (Å²) >= 11 is 0. The number of aliphatic hydroxyl groups is 1. The SMILES string of the molecule is CCC(O)Cn1cc(CNS(=O)(=O)N(C)C2CCCCC2)nn1. The van der Waals surface area contributed by atoms with Crippen molar-refractivity contribution in [1.82, 2.24) is 24.0 Å². The lowest BCUT2D eigenvalue weighted by molar-refractivity contribution is 0.144. The van der Waals surface area contributed by atoms with E-state index in [1.807, 2.05) is 6.92 Å². The van der Waals surface area contributed by atoms with Crippen molar-refractivity contribution in [3.05, 3.63) is 11.9 Å². The molecule has 0 saturated heterocycles. The molecular formula is C14H27N5O3S. The van der Waals surface area contributed by atoms with E-state index in [-0.39, 0.29) is 12.6 Å². The van der Waals surface area contributed by atoms with Gasteiger partial charge in [-0.15, -0.1) is 5.10 Å². The summed E-state index contributed by atoms with van der Waals surface area (Å²) in [5, 5.41) is 17.4. The predicted octanol–water partition coefficient (Wildman–Crippen LogP) is 0.648. The first-order chi connectivity index (χ1) is 10.9. The highest BCUT2D eigenvalue weighted by Crippen LogP contribution is 2.23. The number of hydrogen-bond acceptors (Lipinski definition) is 5. The van der Waals surface area contributed by atoms with Crippen molar-refractivity contribution in [2.24, 2.45) is 0 Å². The molecule has 0 radical (unpaired) electrons. The van der Waals surface area contributed by atoms with Crippen molar-refractivity contribution >= 4 is 10.2 Å². The number of nitrogens with one attached hydrogen (secondary N) is 1. The third kappa shape index (κ3) is 5.23. The zero-order chi connectivity index (χ0) is 16.9. The molecule has 2 rings (SSSR count). The zero-order valence-electron chi connectivity index (χ0n) is 13.8. The van der Waals surface area contributed by atoms with Crippen LogP contribution in [0.4, 0.5) is 0 Å². The molecule has 1 saturated carbocycles. The van der Waals surface area contributed by atoms with Gasteiger partial charge in [-0.05, 0) is 19.3 Å². The van der Waals surface area contributed by atoms with Gasteiger partial charge >= 0.3 is 0 Å². The Morgan fingerprint density at radius 2 is 2.13 bits per heavy atom. The highest BCUT2D eigenvalue weighted by atomic mass is 32.2. The summed E-state index contributed by atoms with van der Waals surface area (Å²) < 4.78 is 30.3. The summed E-state index contributed by atoms with van der Waals surface area (Å²) in [6, 6.07) is 0.0802. The second kappa shape index (κ2) is 8.18. The summed E-state index contributed by atoms with van der Waals surface area (Å²) in [4.78, 5) is 0. The Morgan fingerprint density at radius 3 is 2.78 bits per heavy atom. The maximum Gasteiger partial charge on any atom is 0.279 e. The minimum Gasteiger partial charge on any atom is -0.391 e. The largest absolute Gasteiger partial charge is 0.391 e. The Morgan fingerprint density at radius 1 is 1.43 bits per heavy atom.